The van der Waals surface area contributed by atoms with Gasteiger partial charge in [0.25, 0.3) is 0 Å². The van der Waals surface area contributed by atoms with Crippen LogP contribution in [0, 0.1) is 23.7 Å². The molecule has 0 aromatic carbocycles. The number of ketones is 1. The summed E-state index contributed by atoms with van der Waals surface area (Å²) in [5.41, 5.74) is -2.06. The fourth-order valence-corrected chi connectivity index (χ4v) is 7.90. The highest BCUT2D eigenvalue weighted by Crippen LogP contribution is 2.40. The molecule has 0 radical (unpaired) electrons. The molecule has 3 aliphatic rings. The highest BCUT2D eigenvalue weighted by atomic mass is 16.7. The Morgan fingerprint density at radius 2 is 1.70 bits per heavy atom. The van der Waals surface area contributed by atoms with Gasteiger partial charge in [-0.05, 0) is 72.5 Å². The van der Waals surface area contributed by atoms with Gasteiger partial charge < -0.3 is 38.4 Å². The molecule has 1 amide bonds. The van der Waals surface area contributed by atoms with Gasteiger partial charge in [-0.15, -0.1) is 0 Å². The highest BCUT2D eigenvalue weighted by molar-refractivity contribution is 6.00. The number of amides is 1. The largest absolute Gasteiger partial charge is 0.459 e. The molecule has 3 heterocycles. The van der Waals surface area contributed by atoms with Crippen molar-refractivity contribution in [1.82, 2.24) is 4.90 Å². The third-order valence-corrected chi connectivity index (χ3v) is 10.5. The van der Waals surface area contributed by atoms with Gasteiger partial charge in [0.15, 0.2) is 18.2 Å². The molecule has 0 aromatic heterocycles. The van der Waals surface area contributed by atoms with Crippen LogP contribution in [0.2, 0.25) is 0 Å². The zero-order valence-corrected chi connectivity index (χ0v) is 32.0. The van der Waals surface area contributed by atoms with Crippen molar-refractivity contribution < 1.29 is 52.7 Å². The molecule has 0 spiro atoms. The van der Waals surface area contributed by atoms with Gasteiger partial charge in [-0.1, -0.05) is 34.3 Å². The number of aliphatic imine (C=N–C) groups is 1. The Morgan fingerprint density at radius 1 is 1.06 bits per heavy atom. The van der Waals surface area contributed by atoms with Crippen LogP contribution in [-0.2, 0) is 47.6 Å². The Hall–Kier alpha value is -2.55. The molecule has 2 bridgehead atoms. The first kappa shape index (κ1) is 41.9. The van der Waals surface area contributed by atoms with Crippen LogP contribution in [0.15, 0.2) is 17.1 Å². The quantitative estimate of drug-likeness (QED) is 0.251. The predicted octanol–water partition coefficient (Wildman–Crippen LogP) is 3.68. The summed E-state index contributed by atoms with van der Waals surface area (Å²) in [6.45, 7) is 20.7. The molecule has 3 saturated heterocycles. The van der Waals surface area contributed by atoms with Gasteiger partial charge in [-0.25, -0.2) is 4.99 Å². The Kier molecular flexibility index (Phi) is 14.1. The van der Waals surface area contributed by atoms with E-state index in [-0.39, 0.29) is 38.2 Å². The minimum Gasteiger partial charge on any atom is -0.459 e. The summed E-state index contributed by atoms with van der Waals surface area (Å²) in [6.07, 6.45) is -4.42. The zero-order chi connectivity index (χ0) is 37.9. The maximum Gasteiger partial charge on any atom is 0.316 e. The van der Waals surface area contributed by atoms with Crippen molar-refractivity contribution in [3.63, 3.8) is 0 Å². The molecule has 13 heteroatoms. The standard InChI is InChI=1S/C37H60N2O11/c1-14-28-37(11,44)33-22(5)29(38-25(8)40)20(3)16-36(10,46-18-19(2)17-45-33)32(23(6)30(42)24(7)34(43)49-28)50-35-31(48-26(9)41)27(39(12)13)15-21(4)47-35/h20-24,27-28,31-33,35,44H,2,14-18H2,1,3-13H3/t20-,21-,22+,23+,24-,27+,28-,31?,32-,33-,35+,36-,37-/m1/s1. The summed E-state index contributed by atoms with van der Waals surface area (Å²) >= 11 is 0. The Bertz CT molecular complexity index is 1300. The molecule has 284 valence electrons. The number of aliphatic hydroxyl groups is 1. The van der Waals surface area contributed by atoms with E-state index in [4.69, 9.17) is 28.4 Å². The Morgan fingerprint density at radius 3 is 2.26 bits per heavy atom. The fraction of sp³-hybridized carbons (Fsp3) is 0.811. The second-order valence-electron chi connectivity index (χ2n) is 15.2. The number of Topliss-reactive ketones (excluding diaryl/α,β-unsaturated/α-hetero) is 1. The lowest BCUT2D eigenvalue weighted by Crippen LogP contribution is -2.60. The van der Waals surface area contributed by atoms with Gasteiger partial charge >= 0.3 is 11.9 Å². The van der Waals surface area contributed by atoms with Gasteiger partial charge in [0.2, 0.25) is 5.91 Å². The number of carbonyl (C=O) groups excluding carboxylic acids is 4. The number of nitrogens with zero attached hydrogens (tertiary/aromatic N) is 2. The van der Waals surface area contributed by atoms with Gasteiger partial charge in [-0.3, -0.25) is 19.2 Å². The molecule has 3 rings (SSSR count). The van der Waals surface area contributed by atoms with Crippen molar-refractivity contribution >= 4 is 29.3 Å². The average molecular weight is 709 g/mol. The zero-order valence-electron chi connectivity index (χ0n) is 32.0. The van der Waals surface area contributed by atoms with Gasteiger partial charge in [0.1, 0.15) is 17.6 Å². The maximum atomic E-state index is 14.3. The normalized spacial score (nSPS) is 41.9. The van der Waals surface area contributed by atoms with E-state index in [2.05, 4.69) is 11.6 Å². The molecule has 13 atom stereocenters. The third kappa shape index (κ3) is 9.46. The van der Waals surface area contributed by atoms with Crippen molar-refractivity contribution in [2.24, 2.45) is 28.7 Å². The molecular formula is C37H60N2O11. The molecule has 3 fully saturated rings. The molecule has 50 heavy (non-hydrogen) atoms. The lowest BCUT2D eigenvalue weighted by molar-refractivity contribution is -0.299. The Labute approximate surface area is 297 Å². The minimum atomic E-state index is -1.76. The number of likely N-dealkylation sites (N-methyl/N-ethyl adjacent to an activating group) is 1. The summed E-state index contributed by atoms with van der Waals surface area (Å²) in [5.74, 6) is -5.55. The number of hydrogen-bond acceptors (Lipinski definition) is 12. The van der Waals surface area contributed by atoms with Gasteiger partial charge in [-0.2, -0.15) is 0 Å². The molecule has 3 aliphatic heterocycles. The number of cyclic esters (lactones) is 1. The minimum absolute atomic E-state index is 0.00420. The van der Waals surface area contributed by atoms with E-state index < -0.39 is 89.2 Å². The number of esters is 2. The van der Waals surface area contributed by atoms with E-state index in [0.717, 1.165) is 0 Å². The van der Waals surface area contributed by atoms with Crippen molar-refractivity contribution in [1.29, 1.82) is 0 Å². The number of hydrogen-bond donors (Lipinski definition) is 1. The second kappa shape index (κ2) is 16.9. The molecule has 0 saturated carbocycles. The maximum absolute atomic E-state index is 14.3. The number of ether oxygens (including phenoxy) is 6. The number of rotatable bonds is 5. The molecular weight excluding hydrogens is 648 g/mol. The van der Waals surface area contributed by atoms with E-state index in [0.29, 0.717) is 17.7 Å². The first-order valence-electron chi connectivity index (χ1n) is 17.8. The first-order valence-corrected chi connectivity index (χ1v) is 17.8. The highest BCUT2D eigenvalue weighted by Gasteiger charge is 2.53. The summed E-state index contributed by atoms with van der Waals surface area (Å²) in [7, 11) is 3.76. The van der Waals surface area contributed by atoms with E-state index in [1.165, 1.54) is 27.7 Å². The smallest absolute Gasteiger partial charge is 0.316 e. The first-order chi connectivity index (χ1) is 23.1. The van der Waals surface area contributed by atoms with Gasteiger partial charge in [0, 0.05) is 31.4 Å². The van der Waals surface area contributed by atoms with E-state index in [9.17, 15) is 24.3 Å². The van der Waals surface area contributed by atoms with Crippen molar-refractivity contribution in [2.45, 2.75) is 143 Å². The van der Waals surface area contributed by atoms with Crippen LogP contribution >= 0.6 is 0 Å². The van der Waals surface area contributed by atoms with Crippen LogP contribution in [0.1, 0.15) is 88.5 Å². The summed E-state index contributed by atoms with van der Waals surface area (Å²) in [4.78, 5) is 59.4. The van der Waals surface area contributed by atoms with Crippen molar-refractivity contribution in [3.8, 4) is 0 Å². The van der Waals surface area contributed by atoms with E-state index in [1.807, 2.05) is 46.7 Å². The third-order valence-electron chi connectivity index (χ3n) is 10.5. The Balaban J connectivity index is 2.32. The van der Waals surface area contributed by atoms with E-state index in [1.54, 1.807) is 13.8 Å². The SMILES string of the molecule is C=C1CO[C@@H]2[C@@H](C)C(=NC(C)=O)[C@H](C)C[C@@](C)(OC1)[C@H](O[C@@H]1O[C@H](C)C[C@H](N(C)C)C1OC(C)=O)[C@@H](C)C(=O)[C@@H](C)C(=O)O[C@H](CC)[C@@]2(C)O. The lowest BCUT2D eigenvalue weighted by Gasteiger charge is -2.48. The predicted molar refractivity (Wildman–Crippen MR) is 185 cm³/mol. The average Bonchev–Trinajstić information content (AvgIpc) is 3.03. The summed E-state index contributed by atoms with van der Waals surface area (Å²) < 4.78 is 38.0. The van der Waals surface area contributed by atoms with Crippen LogP contribution in [0.25, 0.3) is 0 Å². The second-order valence-corrected chi connectivity index (χ2v) is 15.2. The topological polar surface area (TPSA) is 159 Å². The lowest BCUT2D eigenvalue weighted by atomic mass is 9.73. The van der Waals surface area contributed by atoms with Crippen LogP contribution in [0.5, 0.6) is 0 Å². The molecule has 1 unspecified atom stereocenters. The van der Waals surface area contributed by atoms with Crippen LogP contribution < -0.4 is 0 Å². The molecule has 0 aliphatic carbocycles. The fourth-order valence-electron chi connectivity index (χ4n) is 7.90. The van der Waals surface area contributed by atoms with E-state index >= 15 is 0 Å². The van der Waals surface area contributed by atoms with Crippen LogP contribution in [0.4, 0.5) is 0 Å². The molecule has 13 nitrogen and oxygen atoms in total. The van der Waals surface area contributed by atoms with Gasteiger partial charge in [0.05, 0.1) is 43.2 Å². The summed E-state index contributed by atoms with van der Waals surface area (Å²) in [6, 6.07) is -0.269. The van der Waals surface area contributed by atoms with Crippen LogP contribution in [0.3, 0.4) is 0 Å². The van der Waals surface area contributed by atoms with Crippen molar-refractivity contribution in [3.05, 3.63) is 12.2 Å². The molecule has 0 aromatic rings. The van der Waals surface area contributed by atoms with Crippen LogP contribution in [-0.4, -0.2) is 121 Å². The monoisotopic (exact) mass is 708 g/mol. The summed E-state index contributed by atoms with van der Waals surface area (Å²) in [5, 5.41) is 12.1. The number of carbonyl (C=O) groups is 4. The van der Waals surface area contributed by atoms with Crippen molar-refractivity contribution in [2.75, 3.05) is 27.3 Å². The molecule has 1 N–H and O–H groups in total. The number of fused-ring (bicyclic) bond motifs is 5.